The number of rotatable bonds is 7. The number of hydrogen-bond acceptors (Lipinski definition) is 4. The van der Waals surface area contributed by atoms with E-state index in [-0.39, 0.29) is 5.75 Å². The van der Waals surface area contributed by atoms with Gasteiger partial charge in [0.2, 0.25) is 10.0 Å². The van der Waals surface area contributed by atoms with Crippen LogP contribution < -0.4 is 5.32 Å². The number of piperidine rings is 1. The maximum atomic E-state index is 11.8. The van der Waals surface area contributed by atoms with Crippen LogP contribution in [0.2, 0.25) is 0 Å². The van der Waals surface area contributed by atoms with E-state index in [1.165, 1.54) is 0 Å². The van der Waals surface area contributed by atoms with Gasteiger partial charge < -0.3 is 9.88 Å². The topological polar surface area (TPSA) is 67.2 Å². The van der Waals surface area contributed by atoms with Crippen molar-refractivity contribution in [3.8, 4) is 0 Å². The quantitative estimate of drug-likeness (QED) is 0.821. The highest BCUT2D eigenvalue weighted by Crippen LogP contribution is 2.15. The number of nitrogens with one attached hydrogen (secondary N) is 1. The molecule has 0 aromatic carbocycles. The van der Waals surface area contributed by atoms with Gasteiger partial charge in [-0.1, -0.05) is 6.92 Å². The highest BCUT2D eigenvalue weighted by Gasteiger charge is 2.26. The summed E-state index contributed by atoms with van der Waals surface area (Å²) in [6.07, 6.45) is 6.68. The van der Waals surface area contributed by atoms with Gasteiger partial charge in [-0.3, -0.25) is 0 Å². The van der Waals surface area contributed by atoms with Crippen molar-refractivity contribution in [3.63, 3.8) is 0 Å². The molecule has 0 saturated carbocycles. The van der Waals surface area contributed by atoms with Crippen LogP contribution in [-0.2, 0) is 23.1 Å². The van der Waals surface area contributed by atoms with Crippen LogP contribution in [0.1, 0.15) is 38.9 Å². The molecule has 1 aliphatic rings. The molecular formula is C14H26N4O2S. The fourth-order valence-corrected chi connectivity index (χ4v) is 3.84. The van der Waals surface area contributed by atoms with Crippen molar-refractivity contribution in [1.82, 2.24) is 19.2 Å². The number of hydrogen-bond donors (Lipinski definition) is 1. The van der Waals surface area contributed by atoms with E-state index >= 15 is 0 Å². The summed E-state index contributed by atoms with van der Waals surface area (Å²) >= 11 is 0. The molecule has 1 aromatic rings. The predicted molar refractivity (Wildman–Crippen MR) is 83.4 cm³/mol. The third-order valence-electron chi connectivity index (χ3n) is 4.03. The van der Waals surface area contributed by atoms with Crippen LogP contribution in [0.5, 0.6) is 0 Å². The molecule has 1 aliphatic heterocycles. The van der Waals surface area contributed by atoms with E-state index in [1.54, 1.807) is 11.2 Å². The Bertz CT molecular complexity index is 533. The number of imidazole rings is 1. The smallest absolute Gasteiger partial charge is 0.213 e. The molecule has 6 nitrogen and oxygen atoms in total. The fourth-order valence-electron chi connectivity index (χ4n) is 2.71. The second kappa shape index (κ2) is 7.38. The van der Waals surface area contributed by atoms with E-state index in [0.717, 1.165) is 38.2 Å². The van der Waals surface area contributed by atoms with Gasteiger partial charge in [0.1, 0.15) is 5.82 Å². The van der Waals surface area contributed by atoms with Crippen LogP contribution in [0.4, 0.5) is 0 Å². The first-order valence-electron chi connectivity index (χ1n) is 7.78. The minimum atomic E-state index is -3.03. The van der Waals surface area contributed by atoms with Gasteiger partial charge in [-0.05, 0) is 26.2 Å². The van der Waals surface area contributed by atoms with Crippen molar-refractivity contribution in [2.45, 2.75) is 52.2 Å². The Kier molecular flexibility index (Phi) is 5.78. The van der Waals surface area contributed by atoms with Gasteiger partial charge in [-0.15, -0.1) is 0 Å². The highest BCUT2D eigenvalue weighted by molar-refractivity contribution is 7.89. The monoisotopic (exact) mass is 314 g/mol. The normalized spacial score (nSPS) is 18.2. The zero-order valence-electron chi connectivity index (χ0n) is 13.0. The molecule has 2 rings (SSSR count). The molecule has 1 N–H and O–H groups in total. The van der Waals surface area contributed by atoms with E-state index in [0.29, 0.717) is 19.1 Å². The zero-order chi connectivity index (χ0) is 15.3. The molecule has 1 aromatic heterocycles. The maximum Gasteiger partial charge on any atom is 0.213 e. The summed E-state index contributed by atoms with van der Waals surface area (Å²) in [5, 5.41) is 3.51. The Hall–Kier alpha value is -0.920. The summed E-state index contributed by atoms with van der Waals surface area (Å²) < 4.78 is 27.4. The molecule has 0 amide bonds. The van der Waals surface area contributed by atoms with Crippen molar-refractivity contribution < 1.29 is 8.42 Å². The third kappa shape index (κ3) is 4.28. The minimum Gasteiger partial charge on any atom is -0.334 e. The molecule has 1 saturated heterocycles. The molecule has 21 heavy (non-hydrogen) atoms. The van der Waals surface area contributed by atoms with Gasteiger partial charge in [-0.25, -0.2) is 17.7 Å². The Morgan fingerprint density at radius 3 is 2.67 bits per heavy atom. The Morgan fingerprint density at radius 2 is 2.05 bits per heavy atom. The fraction of sp³-hybridized carbons (Fsp3) is 0.786. The lowest BCUT2D eigenvalue weighted by molar-refractivity contribution is 0.287. The molecule has 0 radical (unpaired) electrons. The summed E-state index contributed by atoms with van der Waals surface area (Å²) in [5.74, 6) is 1.25. The maximum absolute atomic E-state index is 11.8. The largest absolute Gasteiger partial charge is 0.334 e. The number of nitrogens with zero attached hydrogens (tertiary/aromatic N) is 3. The molecular weight excluding hydrogens is 288 g/mol. The highest BCUT2D eigenvalue weighted by atomic mass is 32.2. The van der Waals surface area contributed by atoms with Gasteiger partial charge in [0.05, 0.1) is 12.3 Å². The Balaban J connectivity index is 1.80. The molecule has 1 fully saturated rings. The van der Waals surface area contributed by atoms with Crippen molar-refractivity contribution in [2.24, 2.45) is 0 Å². The Labute approximate surface area is 127 Å². The number of aryl methyl sites for hydroxylation is 1. The standard InChI is InChI=1S/C14H26N4O2S/c1-3-8-17-11-7-15-14(17)12-16-13-5-9-18(10-6-13)21(19,20)4-2/h7,11,13,16H,3-6,8-10,12H2,1-2H3. The lowest BCUT2D eigenvalue weighted by Crippen LogP contribution is -2.45. The van der Waals surface area contributed by atoms with Crippen molar-refractivity contribution in [3.05, 3.63) is 18.2 Å². The average molecular weight is 314 g/mol. The first kappa shape index (κ1) is 16.5. The molecule has 0 unspecified atom stereocenters. The van der Waals surface area contributed by atoms with Crippen LogP contribution in [0, 0.1) is 0 Å². The van der Waals surface area contributed by atoms with Crippen molar-refractivity contribution >= 4 is 10.0 Å². The Morgan fingerprint density at radius 1 is 1.33 bits per heavy atom. The summed E-state index contributed by atoms with van der Waals surface area (Å²) in [6, 6.07) is 0.375. The van der Waals surface area contributed by atoms with E-state index in [2.05, 4.69) is 21.8 Å². The van der Waals surface area contributed by atoms with Crippen LogP contribution in [0.25, 0.3) is 0 Å². The molecule has 2 heterocycles. The summed E-state index contributed by atoms with van der Waals surface area (Å²) in [6.45, 7) is 6.84. The number of sulfonamides is 1. The summed E-state index contributed by atoms with van der Waals surface area (Å²) in [4.78, 5) is 4.38. The number of aromatic nitrogens is 2. The van der Waals surface area contributed by atoms with Gasteiger partial charge >= 0.3 is 0 Å². The molecule has 7 heteroatoms. The first-order valence-corrected chi connectivity index (χ1v) is 9.39. The van der Waals surface area contributed by atoms with Gasteiger partial charge in [0, 0.05) is 38.1 Å². The lowest BCUT2D eigenvalue weighted by atomic mass is 10.1. The molecule has 0 atom stereocenters. The van der Waals surface area contributed by atoms with Gasteiger partial charge in [0.15, 0.2) is 0 Å². The van der Waals surface area contributed by atoms with E-state index in [9.17, 15) is 8.42 Å². The average Bonchev–Trinajstić information content (AvgIpc) is 2.93. The third-order valence-corrected chi connectivity index (χ3v) is 5.91. The summed E-state index contributed by atoms with van der Waals surface area (Å²) in [7, 11) is -3.03. The molecule has 120 valence electrons. The van der Waals surface area contributed by atoms with E-state index in [1.807, 2.05) is 12.4 Å². The second-order valence-corrected chi connectivity index (χ2v) is 7.75. The van der Waals surface area contributed by atoms with Gasteiger partial charge in [-0.2, -0.15) is 0 Å². The lowest BCUT2D eigenvalue weighted by Gasteiger charge is -2.31. The van der Waals surface area contributed by atoms with Crippen molar-refractivity contribution in [2.75, 3.05) is 18.8 Å². The van der Waals surface area contributed by atoms with Gasteiger partial charge in [0.25, 0.3) is 0 Å². The molecule has 0 spiro atoms. The van der Waals surface area contributed by atoms with Crippen LogP contribution in [0.3, 0.4) is 0 Å². The molecule has 0 aliphatic carbocycles. The summed E-state index contributed by atoms with van der Waals surface area (Å²) in [5.41, 5.74) is 0. The predicted octanol–water partition coefficient (Wildman–Crippen LogP) is 1.20. The SMILES string of the molecule is CCCn1ccnc1CNC1CCN(S(=O)(=O)CC)CC1. The van der Waals surface area contributed by atoms with E-state index in [4.69, 9.17) is 0 Å². The zero-order valence-corrected chi connectivity index (χ0v) is 13.8. The van der Waals surface area contributed by atoms with Crippen LogP contribution in [-0.4, -0.2) is 47.2 Å². The minimum absolute atomic E-state index is 0.194. The van der Waals surface area contributed by atoms with Crippen LogP contribution >= 0.6 is 0 Å². The van der Waals surface area contributed by atoms with Crippen molar-refractivity contribution in [1.29, 1.82) is 0 Å². The van der Waals surface area contributed by atoms with Crippen LogP contribution in [0.15, 0.2) is 12.4 Å². The second-order valence-electron chi connectivity index (χ2n) is 5.49. The first-order chi connectivity index (χ1) is 10.1. The van der Waals surface area contributed by atoms with E-state index < -0.39 is 10.0 Å². The molecule has 0 bridgehead atoms.